The minimum Gasteiger partial charge on any atom is -0.445 e. The van der Waals surface area contributed by atoms with Crippen LogP contribution in [0.5, 0.6) is 0 Å². The van der Waals surface area contributed by atoms with Gasteiger partial charge in [-0.15, -0.1) is 0 Å². The van der Waals surface area contributed by atoms with Gasteiger partial charge in [-0.05, 0) is 23.3 Å². The van der Waals surface area contributed by atoms with Crippen LogP contribution in [-0.4, -0.2) is 23.3 Å². The number of ether oxygens (including phenoxy) is 1. The van der Waals surface area contributed by atoms with Gasteiger partial charge in [-0.25, -0.2) is 4.79 Å². The molecule has 2 aromatic carbocycles. The van der Waals surface area contributed by atoms with Gasteiger partial charge >= 0.3 is 6.09 Å². The van der Waals surface area contributed by atoms with Gasteiger partial charge in [-0.2, -0.15) is 0 Å². The largest absolute Gasteiger partial charge is 0.445 e. The van der Waals surface area contributed by atoms with Crippen LogP contribution in [0.3, 0.4) is 0 Å². The average Bonchev–Trinajstić information content (AvgIpc) is 2.96. The van der Waals surface area contributed by atoms with Crippen LogP contribution in [0, 0.1) is 0 Å². The molecule has 1 atom stereocenters. The molecule has 0 N–H and O–H groups in total. The molecule has 1 unspecified atom stereocenters. The van der Waals surface area contributed by atoms with Gasteiger partial charge in [0.15, 0.2) is 5.78 Å². The smallest absolute Gasteiger partial charge is 0.411 e. The lowest BCUT2D eigenvalue weighted by Crippen LogP contribution is -2.31. The number of rotatable bonds is 3. The number of Topliss-reactive ketones (excluding diaryl/α,β-unsaturated/α-hetero) is 1. The van der Waals surface area contributed by atoms with E-state index in [1.54, 1.807) is 12.1 Å². The molecule has 0 saturated carbocycles. The number of benzene rings is 2. The Morgan fingerprint density at radius 2 is 1.96 bits per heavy atom. The van der Waals surface area contributed by atoms with Crippen molar-refractivity contribution in [3.8, 4) is 0 Å². The molecule has 1 amide bonds. The molecular weight excluding hydrogens is 314 g/mol. The van der Waals surface area contributed by atoms with Crippen LogP contribution in [0.2, 0.25) is 5.02 Å². The SMILES string of the molecule is O=C1CC(c2cccc(Cl)c2)N(C(=O)OCc2ccccc2)C1. The molecule has 4 nitrogen and oxygen atoms in total. The molecule has 1 heterocycles. The molecule has 1 aliphatic heterocycles. The average molecular weight is 330 g/mol. The van der Waals surface area contributed by atoms with E-state index in [9.17, 15) is 9.59 Å². The summed E-state index contributed by atoms with van der Waals surface area (Å²) >= 11 is 6.01. The fourth-order valence-electron chi connectivity index (χ4n) is 2.70. The van der Waals surface area contributed by atoms with Crippen molar-refractivity contribution in [3.05, 3.63) is 70.7 Å². The van der Waals surface area contributed by atoms with Crippen molar-refractivity contribution in [3.63, 3.8) is 0 Å². The molecule has 0 bridgehead atoms. The summed E-state index contributed by atoms with van der Waals surface area (Å²) in [5.74, 6) is 0.0200. The molecular formula is C18H16ClNO3. The second-order valence-electron chi connectivity index (χ2n) is 5.48. The predicted octanol–water partition coefficient (Wildman–Crippen LogP) is 3.99. The molecule has 0 radical (unpaired) electrons. The first kappa shape index (κ1) is 15.6. The topological polar surface area (TPSA) is 46.6 Å². The normalized spacial score (nSPS) is 17.3. The maximum Gasteiger partial charge on any atom is 0.411 e. The molecule has 0 spiro atoms. The van der Waals surface area contributed by atoms with Crippen LogP contribution in [0.1, 0.15) is 23.6 Å². The summed E-state index contributed by atoms with van der Waals surface area (Å²) in [6.45, 7) is 0.261. The van der Waals surface area contributed by atoms with Gasteiger partial charge in [-0.1, -0.05) is 54.1 Å². The first-order chi connectivity index (χ1) is 11.1. The number of likely N-dealkylation sites (tertiary alicyclic amines) is 1. The number of hydrogen-bond acceptors (Lipinski definition) is 3. The quantitative estimate of drug-likeness (QED) is 0.855. The Labute approximate surface area is 139 Å². The molecule has 118 valence electrons. The van der Waals surface area contributed by atoms with E-state index in [-0.39, 0.29) is 25.0 Å². The predicted molar refractivity (Wildman–Crippen MR) is 87.2 cm³/mol. The lowest BCUT2D eigenvalue weighted by Gasteiger charge is -2.23. The highest BCUT2D eigenvalue weighted by Gasteiger charge is 2.36. The van der Waals surface area contributed by atoms with Crippen molar-refractivity contribution in [1.82, 2.24) is 4.90 Å². The van der Waals surface area contributed by atoms with Crippen LogP contribution in [0.4, 0.5) is 4.79 Å². The summed E-state index contributed by atoms with van der Waals surface area (Å²) in [6.07, 6.45) is -0.189. The second-order valence-corrected chi connectivity index (χ2v) is 5.92. The van der Waals surface area contributed by atoms with E-state index >= 15 is 0 Å². The Hall–Kier alpha value is -2.33. The molecule has 3 rings (SSSR count). The van der Waals surface area contributed by atoms with Gasteiger partial charge in [0.25, 0.3) is 0 Å². The number of amides is 1. The summed E-state index contributed by atoms with van der Waals surface area (Å²) in [7, 11) is 0. The zero-order valence-corrected chi connectivity index (χ0v) is 13.2. The third kappa shape index (κ3) is 3.71. The van der Waals surface area contributed by atoms with Gasteiger partial charge in [-0.3, -0.25) is 9.69 Å². The number of halogens is 1. The van der Waals surface area contributed by atoms with Gasteiger partial charge in [0.2, 0.25) is 0 Å². The van der Waals surface area contributed by atoms with E-state index in [1.807, 2.05) is 42.5 Å². The Balaban J connectivity index is 1.71. The third-order valence-corrected chi connectivity index (χ3v) is 4.05. The lowest BCUT2D eigenvalue weighted by atomic mass is 10.0. The molecule has 1 fully saturated rings. The van der Waals surface area contributed by atoms with Crippen molar-refractivity contribution in [2.45, 2.75) is 19.1 Å². The van der Waals surface area contributed by atoms with Gasteiger partial charge in [0.1, 0.15) is 6.61 Å². The highest BCUT2D eigenvalue weighted by atomic mass is 35.5. The Kier molecular flexibility index (Phi) is 4.63. The van der Waals surface area contributed by atoms with E-state index in [1.165, 1.54) is 4.90 Å². The van der Waals surface area contributed by atoms with Gasteiger partial charge in [0.05, 0.1) is 12.6 Å². The monoisotopic (exact) mass is 329 g/mol. The van der Waals surface area contributed by atoms with Crippen molar-refractivity contribution < 1.29 is 14.3 Å². The van der Waals surface area contributed by atoms with Crippen LogP contribution >= 0.6 is 11.6 Å². The summed E-state index contributed by atoms with van der Waals surface area (Å²) in [6, 6.07) is 16.4. The van der Waals surface area contributed by atoms with Crippen LogP contribution in [0.25, 0.3) is 0 Å². The second kappa shape index (κ2) is 6.84. The Morgan fingerprint density at radius 1 is 1.17 bits per heavy atom. The van der Waals surface area contributed by atoms with E-state index in [0.717, 1.165) is 11.1 Å². The fourth-order valence-corrected chi connectivity index (χ4v) is 2.89. The molecule has 1 saturated heterocycles. The van der Waals surface area contributed by atoms with Gasteiger partial charge < -0.3 is 4.74 Å². The highest BCUT2D eigenvalue weighted by Crippen LogP contribution is 2.32. The maximum absolute atomic E-state index is 12.4. The number of carbonyl (C=O) groups is 2. The highest BCUT2D eigenvalue weighted by molar-refractivity contribution is 6.30. The van der Waals surface area contributed by atoms with Gasteiger partial charge in [0, 0.05) is 11.4 Å². The Morgan fingerprint density at radius 3 is 2.70 bits per heavy atom. The standard InChI is InChI=1S/C18H16ClNO3/c19-15-8-4-7-14(9-15)17-10-16(21)11-20(17)18(22)23-12-13-5-2-1-3-6-13/h1-9,17H,10-12H2. The molecule has 1 aliphatic rings. The maximum atomic E-state index is 12.4. The fraction of sp³-hybridized carbons (Fsp3) is 0.222. The van der Waals surface area contributed by atoms with Crippen LogP contribution < -0.4 is 0 Å². The third-order valence-electron chi connectivity index (χ3n) is 3.82. The minimum atomic E-state index is -0.482. The summed E-state index contributed by atoms with van der Waals surface area (Å²) in [5, 5.41) is 0.583. The molecule has 5 heteroatoms. The van der Waals surface area contributed by atoms with Crippen molar-refractivity contribution in [1.29, 1.82) is 0 Å². The molecule has 2 aromatic rings. The zero-order chi connectivity index (χ0) is 16.2. The summed E-state index contributed by atoms with van der Waals surface area (Å²) in [4.78, 5) is 25.6. The van der Waals surface area contributed by atoms with Crippen molar-refractivity contribution in [2.75, 3.05) is 6.54 Å². The first-order valence-electron chi connectivity index (χ1n) is 7.38. The minimum absolute atomic E-state index is 0.0200. The summed E-state index contributed by atoms with van der Waals surface area (Å²) < 4.78 is 5.34. The zero-order valence-electron chi connectivity index (χ0n) is 12.4. The van der Waals surface area contributed by atoms with E-state index in [4.69, 9.17) is 16.3 Å². The van der Waals surface area contributed by atoms with E-state index in [0.29, 0.717) is 11.4 Å². The molecule has 23 heavy (non-hydrogen) atoms. The summed E-state index contributed by atoms with van der Waals surface area (Å²) in [5.41, 5.74) is 1.76. The van der Waals surface area contributed by atoms with E-state index in [2.05, 4.69) is 0 Å². The lowest BCUT2D eigenvalue weighted by molar-refractivity contribution is -0.116. The van der Waals surface area contributed by atoms with Crippen molar-refractivity contribution in [2.24, 2.45) is 0 Å². The van der Waals surface area contributed by atoms with E-state index < -0.39 is 6.09 Å². The van der Waals surface area contributed by atoms with Crippen LogP contribution in [0.15, 0.2) is 54.6 Å². The Bertz CT molecular complexity index is 717. The molecule has 0 aromatic heterocycles. The number of hydrogen-bond donors (Lipinski definition) is 0. The number of nitrogens with zero attached hydrogens (tertiary/aromatic N) is 1. The molecule has 0 aliphatic carbocycles. The number of ketones is 1. The number of carbonyl (C=O) groups excluding carboxylic acids is 2. The van der Waals surface area contributed by atoms with Crippen LogP contribution in [-0.2, 0) is 16.1 Å². The first-order valence-corrected chi connectivity index (χ1v) is 7.76. The van der Waals surface area contributed by atoms with Crippen molar-refractivity contribution >= 4 is 23.5 Å².